The van der Waals surface area contributed by atoms with Gasteiger partial charge in [-0.15, -0.1) is 0 Å². The second-order valence-electron chi connectivity index (χ2n) is 6.40. The van der Waals surface area contributed by atoms with E-state index in [2.05, 4.69) is 10.3 Å². The van der Waals surface area contributed by atoms with E-state index in [4.69, 9.17) is 14.2 Å². The highest BCUT2D eigenvalue weighted by Crippen LogP contribution is 2.28. The number of carbonyl (C=O) groups is 1. The number of hydrogen-bond acceptors (Lipinski definition) is 5. The topological polar surface area (TPSA) is 69.7 Å². The molecule has 2 heterocycles. The van der Waals surface area contributed by atoms with Gasteiger partial charge in [0.25, 0.3) is 5.91 Å². The van der Waals surface area contributed by atoms with Crippen LogP contribution in [0.2, 0.25) is 0 Å². The van der Waals surface area contributed by atoms with Crippen molar-refractivity contribution >= 4 is 5.91 Å². The molecular formula is C20H24N2O4. The summed E-state index contributed by atoms with van der Waals surface area (Å²) in [5, 5.41) is 3.00. The molecular weight excluding hydrogens is 332 g/mol. The van der Waals surface area contributed by atoms with E-state index in [0.717, 1.165) is 29.7 Å². The van der Waals surface area contributed by atoms with Crippen LogP contribution in [0.5, 0.6) is 17.2 Å². The Morgan fingerprint density at radius 2 is 2.08 bits per heavy atom. The molecule has 0 spiro atoms. The van der Waals surface area contributed by atoms with Crippen molar-refractivity contribution in [2.45, 2.75) is 32.2 Å². The van der Waals surface area contributed by atoms with Crippen LogP contribution in [0.1, 0.15) is 35.0 Å². The SMILES string of the molecule is COc1ccc(CC(C)NC(=O)c2cc3c(cn2)OCCC3)cc1OC. The number of methoxy groups -OCH3 is 2. The fraction of sp³-hybridized carbons (Fsp3) is 0.400. The molecule has 3 rings (SSSR count). The van der Waals surface area contributed by atoms with Gasteiger partial charge in [-0.2, -0.15) is 0 Å². The Balaban J connectivity index is 1.64. The summed E-state index contributed by atoms with van der Waals surface area (Å²) in [7, 11) is 3.22. The lowest BCUT2D eigenvalue weighted by molar-refractivity contribution is 0.0934. The van der Waals surface area contributed by atoms with Gasteiger partial charge in [0.2, 0.25) is 0 Å². The lowest BCUT2D eigenvalue weighted by Crippen LogP contribution is -2.34. The lowest BCUT2D eigenvalue weighted by atomic mass is 10.1. The molecule has 138 valence electrons. The van der Waals surface area contributed by atoms with Gasteiger partial charge in [0, 0.05) is 6.04 Å². The van der Waals surface area contributed by atoms with Crippen molar-refractivity contribution in [3.63, 3.8) is 0 Å². The number of ether oxygens (including phenoxy) is 3. The van der Waals surface area contributed by atoms with E-state index >= 15 is 0 Å². The molecule has 0 aliphatic carbocycles. The van der Waals surface area contributed by atoms with E-state index in [1.54, 1.807) is 20.4 Å². The summed E-state index contributed by atoms with van der Waals surface area (Å²) in [5.41, 5.74) is 2.53. The minimum atomic E-state index is -0.175. The molecule has 2 aromatic rings. The maximum absolute atomic E-state index is 12.5. The number of hydrogen-bond donors (Lipinski definition) is 1. The van der Waals surface area contributed by atoms with E-state index in [-0.39, 0.29) is 11.9 Å². The Morgan fingerprint density at radius 1 is 1.27 bits per heavy atom. The molecule has 0 fully saturated rings. The molecule has 1 N–H and O–H groups in total. The quantitative estimate of drug-likeness (QED) is 0.862. The van der Waals surface area contributed by atoms with Crippen molar-refractivity contribution in [1.29, 1.82) is 0 Å². The van der Waals surface area contributed by atoms with Gasteiger partial charge in [-0.3, -0.25) is 4.79 Å². The van der Waals surface area contributed by atoms with Crippen molar-refractivity contribution in [3.8, 4) is 17.2 Å². The van der Waals surface area contributed by atoms with Crippen molar-refractivity contribution in [3.05, 3.63) is 47.3 Å². The number of pyridine rings is 1. The normalized spacial score (nSPS) is 14.0. The van der Waals surface area contributed by atoms with E-state index in [1.807, 2.05) is 31.2 Å². The van der Waals surface area contributed by atoms with Crippen LogP contribution in [0.25, 0.3) is 0 Å². The Hall–Kier alpha value is -2.76. The first-order valence-electron chi connectivity index (χ1n) is 8.74. The van der Waals surface area contributed by atoms with Gasteiger partial charge in [-0.05, 0) is 55.5 Å². The minimum Gasteiger partial charge on any atom is -0.493 e. The molecule has 1 atom stereocenters. The van der Waals surface area contributed by atoms with Crippen LogP contribution >= 0.6 is 0 Å². The second-order valence-corrected chi connectivity index (χ2v) is 6.40. The Morgan fingerprint density at radius 3 is 2.85 bits per heavy atom. The van der Waals surface area contributed by atoms with Gasteiger partial charge in [-0.1, -0.05) is 6.07 Å². The summed E-state index contributed by atoms with van der Waals surface area (Å²) in [6, 6.07) is 7.55. The van der Waals surface area contributed by atoms with Gasteiger partial charge in [0.05, 0.1) is 27.0 Å². The third-order valence-electron chi connectivity index (χ3n) is 4.40. The predicted molar refractivity (Wildman–Crippen MR) is 98.2 cm³/mol. The van der Waals surface area contributed by atoms with E-state index in [9.17, 15) is 4.79 Å². The van der Waals surface area contributed by atoms with Crippen LogP contribution in [0, 0.1) is 0 Å². The zero-order valence-corrected chi connectivity index (χ0v) is 15.4. The van der Waals surface area contributed by atoms with Gasteiger partial charge >= 0.3 is 0 Å². The summed E-state index contributed by atoms with van der Waals surface area (Å²) in [4.78, 5) is 16.7. The van der Waals surface area contributed by atoms with Crippen molar-refractivity contribution in [2.24, 2.45) is 0 Å². The summed E-state index contributed by atoms with van der Waals surface area (Å²) in [6.07, 6.45) is 4.20. The number of fused-ring (bicyclic) bond motifs is 1. The molecule has 1 aromatic carbocycles. The van der Waals surface area contributed by atoms with Crippen LogP contribution in [0.4, 0.5) is 0 Å². The summed E-state index contributed by atoms with van der Waals surface area (Å²) >= 11 is 0. The van der Waals surface area contributed by atoms with E-state index in [1.165, 1.54) is 0 Å². The molecule has 26 heavy (non-hydrogen) atoms. The molecule has 0 saturated carbocycles. The highest BCUT2D eigenvalue weighted by atomic mass is 16.5. The molecule has 1 amide bonds. The number of carbonyl (C=O) groups excluding carboxylic acids is 1. The molecule has 6 heteroatoms. The highest BCUT2D eigenvalue weighted by molar-refractivity contribution is 5.92. The van der Waals surface area contributed by atoms with Crippen LogP contribution in [0.15, 0.2) is 30.5 Å². The monoisotopic (exact) mass is 356 g/mol. The Kier molecular flexibility index (Phi) is 5.61. The number of amides is 1. The van der Waals surface area contributed by atoms with Gasteiger partial charge in [0.15, 0.2) is 11.5 Å². The van der Waals surface area contributed by atoms with Gasteiger partial charge in [0.1, 0.15) is 11.4 Å². The molecule has 0 saturated heterocycles. The van der Waals surface area contributed by atoms with Crippen molar-refractivity contribution in [1.82, 2.24) is 10.3 Å². The average Bonchev–Trinajstić information content (AvgIpc) is 2.67. The predicted octanol–water partition coefficient (Wildman–Crippen LogP) is 2.78. The summed E-state index contributed by atoms with van der Waals surface area (Å²) in [5.74, 6) is 1.98. The molecule has 6 nitrogen and oxygen atoms in total. The fourth-order valence-corrected chi connectivity index (χ4v) is 3.09. The second kappa shape index (κ2) is 8.08. The maximum Gasteiger partial charge on any atom is 0.270 e. The van der Waals surface area contributed by atoms with Crippen LogP contribution in [0.3, 0.4) is 0 Å². The zero-order valence-electron chi connectivity index (χ0n) is 15.4. The maximum atomic E-state index is 12.5. The smallest absolute Gasteiger partial charge is 0.270 e. The number of aryl methyl sites for hydroxylation is 1. The number of nitrogens with zero attached hydrogens (tertiary/aromatic N) is 1. The largest absolute Gasteiger partial charge is 0.493 e. The highest BCUT2D eigenvalue weighted by Gasteiger charge is 2.17. The van der Waals surface area contributed by atoms with Crippen LogP contribution in [-0.2, 0) is 12.8 Å². The van der Waals surface area contributed by atoms with Crippen molar-refractivity contribution in [2.75, 3.05) is 20.8 Å². The molecule has 1 aromatic heterocycles. The minimum absolute atomic E-state index is 0.0466. The van der Waals surface area contributed by atoms with Crippen LogP contribution < -0.4 is 19.5 Å². The molecule has 1 aliphatic heterocycles. The number of benzene rings is 1. The summed E-state index contributed by atoms with van der Waals surface area (Å²) < 4.78 is 16.1. The molecule has 0 radical (unpaired) electrons. The van der Waals surface area contributed by atoms with Gasteiger partial charge < -0.3 is 19.5 Å². The first-order chi connectivity index (χ1) is 12.6. The van der Waals surface area contributed by atoms with Crippen LogP contribution in [-0.4, -0.2) is 37.8 Å². The van der Waals surface area contributed by atoms with Gasteiger partial charge in [-0.25, -0.2) is 4.98 Å². The van der Waals surface area contributed by atoms with Crippen molar-refractivity contribution < 1.29 is 19.0 Å². The molecule has 1 unspecified atom stereocenters. The summed E-state index contributed by atoms with van der Waals surface area (Å²) in [6.45, 7) is 2.68. The Bertz CT molecular complexity index is 791. The number of rotatable bonds is 6. The zero-order chi connectivity index (χ0) is 18.5. The van der Waals surface area contributed by atoms with E-state index in [0.29, 0.717) is 30.2 Å². The number of nitrogens with one attached hydrogen (secondary N) is 1. The standard InChI is InChI=1S/C20H24N2O4/c1-13(9-14-6-7-17(24-2)18(10-14)25-3)22-20(23)16-11-15-5-4-8-26-19(15)12-21-16/h6-7,10-13H,4-5,8-9H2,1-3H3,(H,22,23). The Labute approximate surface area is 153 Å². The fourth-order valence-electron chi connectivity index (χ4n) is 3.09. The first-order valence-corrected chi connectivity index (χ1v) is 8.74. The third kappa shape index (κ3) is 4.07. The lowest BCUT2D eigenvalue weighted by Gasteiger charge is -2.18. The van der Waals surface area contributed by atoms with E-state index < -0.39 is 0 Å². The third-order valence-corrected chi connectivity index (χ3v) is 4.40. The number of aromatic nitrogens is 1. The molecule has 1 aliphatic rings. The molecule has 0 bridgehead atoms. The average molecular weight is 356 g/mol. The first kappa shape index (κ1) is 18.0.